The maximum absolute atomic E-state index is 13.2. The molecule has 0 radical (unpaired) electrons. The van der Waals surface area contributed by atoms with E-state index in [1.807, 2.05) is 0 Å². The molecule has 0 atom stereocenters. The Labute approximate surface area is 161 Å². The molecule has 0 aromatic heterocycles. The van der Waals surface area contributed by atoms with E-state index < -0.39 is 17.5 Å². The number of nitrogens with zero attached hydrogens (tertiary/aromatic N) is 1. The molecule has 3 rings (SSSR count). The molecular formula is C20H21F2N3O3. The van der Waals surface area contributed by atoms with Crippen molar-refractivity contribution < 1.29 is 23.1 Å². The lowest BCUT2D eigenvalue weighted by Gasteiger charge is -2.26. The molecular weight excluding hydrogens is 368 g/mol. The molecule has 28 heavy (non-hydrogen) atoms. The van der Waals surface area contributed by atoms with Crippen molar-refractivity contribution in [2.45, 2.75) is 0 Å². The van der Waals surface area contributed by atoms with Gasteiger partial charge >= 0.3 is 0 Å². The zero-order chi connectivity index (χ0) is 19.9. The second kappa shape index (κ2) is 9.38. The van der Waals surface area contributed by atoms with Gasteiger partial charge < -0.3 is 15.4 Å². The van der Waals surface area contributed by atoms with E-state index in [9.17, 15) is 18.4 Å². The van der Waals surface area contributed by atoms with Gasteiger partial charge in [0.05, 0.1) is 13.2 Å². The second-order valence-corrected chi connectivity index (χ2v) is 6.37. The standard InChI is InChI=1S/C20H21F2N3O3/c21-17-6-3-15(13-18(17)22)20(27)24-16-4-1-14(2-5-16)19(26)23-7-8-25-9-11-28-12-10-25/h1-6,13H,7-12H2,(H,23,26)(H,24,27). The summed E-state index contributed by atoms with van der Waals surface area (Å²) in [7, 11) is 0. The number of carbonyl (C=O) groups excluding carboxylic acids is 2. The van der Waals surface area contributed by atoms with E-state index in [2.05, 4.69) is 15.5 Å². The van der Waals surface area contributed by atoms with Crippen LogP contribution < -0.4 is 10.6 Å². The number of morpholine rings is 1. The number of halogens is 2. The minimum atomic E-state index is -1.09. The molecule has 6 nitrogen and oxygen atoms in total. The van der Waals surface area contributed by atoms with Gasteiger partial charge in [0.15, 0.2) is 11.6 Å². The van der Waals surface area contributed by atoms with E-state index in [-0.39, 0.29) is 11.5 Å². The van der Waals surface area contributed by atoms with Crippen molar-refractivity contribution in [1.82, 2.24) is 10.2 Å². The summed E-state index contributed by atoms with van der Waals surface area (Å²) in [6, 6.07) is 9.26. The molecule has 2 aromatic carbocycles. The topological polar surface area (TPSA) is 70.7 Å². The molecule has 2 aromatic rings. The molecule has 0 bridgehead atoms. The van der Waals surface area contributed by atoms with Gasteiger partial charge in [0.25, 0.3) is 11.8 Å². The first kappa shape index (κ1) is 19.9. The first-order valence-corrected chi connectivity index (χ1v) is 8.98. The number of nitrogens with one attached hydrogen (secondary N) is 2. The molecule has 8 heteroatoms. The van der Waals surface area contributed by atoms with Gasteiger partial charge in [-0.05, 0) is 42.5 Å². The summed E-state index contributed by atoms with van der Waals surface area (Å²) in [5.41, 5.74) is 0.913. The Bertz CT molecular complexity index is 837. The zero-order valence-electron chi connectivity index (χ0n) is 15.2. The summed E-state index contributed by atoms with van der Waals surface area (Å²) in [5.74, 6) is -2.87. The number of hydrogen-bond acceptors (Lipinski definition) is 4. The highest BCUT2D eigenvalue weighted by atomic mass is 19.2. The van der Waals surface area contributed by atoms with Gasteiger partial charge in [-0.15, -0.1) is 0 Å². The van der Waals surface area contributed by atoms with Crippen LogP contribution in [0, 0.1) is 11.6 Å². The summed E-state index contributed by atoms with van der Waals surface area (Å²) in [6.45, 7) is 4.45. The third kappa shape index (κ3) is 5.34. The van der Waals surface area contributed by atoms with Crippen molar-refractivity contribution in [1.29, 1.82) is 0 Å². The molecule has 148 valence electrons. The number of amides is 2. The molecule has 1 aliphatic rings. The summed E-state index contributed by atoms with van der Waals surface area (Å²) >= 11 is 0. The summed E-state index contributed by atoms with van der Waals surface area (Å²) in [4.78, 5) is 26.5. The van der Waals surface area contributed by atoms with Crippen LogP contribution in [0.25, 0.3) is 0 Å². The summed E-state index contributed by atoms with van der Waals surface area (Å²) < 4.78 is 31.5. The van der Waals surface area contributed by atoms with Crippen molar-refractivity contribution in [2.24, 2.45) is 0 Å². The van der Waals surface area contributed by atoms with Gasteiger partial charge in [0.1, 0.15) is 0 Å². The predicted octanol–water partition coefficient (Wildman–Crippen LogP) is 2.28. The first-order chi connectivity index (χ1) is 13.5. The Morgan fingerprint density at radius 1 is 0.929 bits per heavy atom. The van der Waals surface area contributed by atoms with Gasteiger partial charge in [-0.25, -0.2) is 8.78 Å². The highest BCUT2D eigenvalue weighted by Crippen LogP contribution is 2.13. The Morgan fingerprint density at radius 2 is 1.61 bits per heavy atom. The average Bonchev–Trinajstić information content (AvgIpc) is 2.71. The van der Waals surface area contributed by atoms with Gasteiger partial charge in [-0.2, -0.15) is 0 Å². The lowest BCUT2D eigenvalue weighted by Crippen LogP contribution is -2.41. The SMILES string of the molecule is O=C(NCCN1CCOCC1)c1ccc(NC(=O)c2ccc(F)c(F)c2)cc1. The molecule has 0 saturated carbocycles. The Balaban J connectivity index is 1.50. The van der Waals surface area contributed by atoms with Crippen LogP contribution >= 0.6 is 0 Å². The highest BCUT2D eigenvalue weighted by molar-refractivity contribution is 6.04. The third-order valence-electron chi connectivity index (χ3n) is 4.40. The maximum Gasteiger partial charge on any atom is 0.255 e. The maximum atomic E-state index is 13.2. The van der Waals surface area contributed by atoms with Crippen LogP contribution in [0.1, 0.15) is 20.7 Å². The van der Waals surface area contributed by atoms with Crippen LogP contribution in [0.4, 0.5) is 14.5 Å². The Hall–Kier alpha value is -2.84. The number of anilines is 1. The molecule has 1 fully saturated rings. The fourth-order valence-electron chi connectivity index (χ4n) is 2.80. The van der Waals surface area contributed by atoms with Gasteiger partial charge in [-0.1, -0.05) is 0 Å². The lowest BCUT2D eigenvalue weighted by atomic mass is 10.1. The first-order valence-electron chi connectivity index (χ1n) is 8.98. The van der Waals surface area contributed by atoms with Crippen LogP contribution in [0.5, 0.6) is 0 Å². The molecule has 0 spiro atoms. The fourth-order valence-corrected chi connectivity index (χ4v) is 2.80. The molecule has 1 aliphatic heterocycles. The quantitative estimate of drug-likeness (QED) is 0.795. The van der Waals surface area contributed by atoms with Crippen LogP contribution in [0.2, 0.25) is 0 Å². The normalized spacial score (nSPS) is 14.5. The molecule has 0 aliphatic carbocycles. The lowest BCUT2D eigenvalue weighted by molar-refractivity contribution is 0.0383. The van der Waals surface area contributed by atoms with E-state index in [1.165, 1.54) is 6.07 Å². The third-order valence-corrected chi connectivity index (χ3v) is 4.40. The summed E-state index contributed by atoms with van der Waals surface area (Å²) in [6.07, 6.45) is 0. The zero-order valence-corrected chi connectivity index (χ0v) is 15.2. The fraction of sp³-hybridized carbons (Fsp3) is 0.300. The van der Waals surface area contributed by atoms with E-state index in [0.717, 1.165) is 31.8 Å². The van der Waals surface area contributed by atoms with E-state index in [0.29, 0.717) is 31.0 Å². The highest BCUT2D eigenvalue weighted by Gasteiger charge is 2.12. The number of hydrogen-bond donors (Lipinski definition) is 2. The van der Waals surface area contributed by atoms with Crippen molar-refractivity contribution >= 4 is 17.5 Å². The second-order valence-electron chi connectivity index (χ2n) is 6.37. The number of carbonyl (C=O) groups is 2. The minimum Gasteiger partial charge on any atom is -0.379 e. The largest absolute Gasteiger partial charge is 0.379 e. The number of rotatable bonds is 6. The molecule has 0 unspecified atom stereocenters. The van der Waals surface area contributed by atoms with Crippen molar-refractivity contribution in [2.75, 3.05) is 44.7 Å². The minimum absolute atomic E-state index is 0.00355. The predicted molar refractivity (Wildman–Crippen MR) is 100 cm³/mol. The Morgan fingerprint density at radius 3 is 2.29 bits per heavy atom. The Kier molecular flexibility index (Phi) is 6.67. The average molecular weight is 389 g/mol. The van der Waals surface area contributed by atoms with Crippen molar-refractivity contribution in [3.8, 4) is 0 Å². The smallest absolute Gasteiger partial charge is 0.255 e. The monoisotopic (exact) mass is 389 g/mol. The number of benzene rings is 2. The summed E-state index contributed by atoms with van der Waals surface area (Å²) in [5, 5.41) is 5.44. The molecule has 1 saturated heterocycles. The van der Waals surface area contributed by atoms with E-state index in [1.54, 1.807) is 24.3 Å². The van der Waals surface area contributed by atoms with Crippen LogP contribution in [0.15, 0.2) is 42.5 Å². The molecule has 2 amide bonds. The van der Waals surface area contributed by atoms with Crippen LogP contribution in [-0.4, -0.2) is 56.1 Å². The van der Waals surface area contributed by atoms with Gasteiger partial charge in [-0.3, -0.25) is 14.5 Å². The van der Waals surface area contributed by atoms with Crippen molar-refractivity contribution in [3.63, 3.8) is 0 Å². The van der Waals surface area contributed by atoms with Crippen molar-refractivity contribution in [3.05, 3.63) is 65.2 Å². The van der Waals surface area contributed by atoms with Crippen LogP contribution in [0.3, 0.4) is 0 Å². The van der Waals surface area contributed by atoms with Crippen LogP contribution in [-0.2, 0) is 4.74 Å². The van der Waals surface area contributed by atoms with E-state index in [4.69, 9.17) is 4.74 Å². The molecule has 1 heterocycles. The van der Waals surface area contributed by atoms with Gasteiger partial charge in [0, 0.05) is 43.0 Å². The molecule has 2 N–H and O–H groups in total. The van der Waals surface area contributed by atoms with E-state index >= 15 is 0 Å². The number of ether oxygens (including phenoxy) is 1. The van der Waals surface area contributed by atoms with Gasteiger partial charge in [0.2, 0.25) is 0 Å².